The van der Waals surface area contributed by atoms with Gasteiger partial charge in [-0.3, -0.25) is 4.40 Å². The van der Waals surface area contributed by atoms with Crippen LogP contribution in [0.1, 0.15) is 29.8 Å². The Kier molecular flexibility index (Phi) is 4.94. The van der Waals surface area contributed by atoms with E-state index in [1.54, 1.807) is 13.3 Å². The maximum Gasteiger partial charge on any atom is 0.150 e. The molecule has 0 aliphatic heterocycles. The van der Waals surface area contributed by atoms with Gasteiger partial charge in [0.05, 0.1) is 10.7 Å². The number of aromatic nitrogens is 3. The topological polar surface area (TPSA) is 65.4 Å². The third kappa shape index (κ3) is 2.76. The molecular weight excluding hydrogens is 506 g/mol. The highest BCUT2D eigenvalue weighted by atomic mass is 127. The minimum Gasteiger partial charge on any atom is -0.495 e. The Morgan fingerprint density at radius 1 is 1.46 bits per heavy atom. The molecular formula is C16H15BrClIN4O. The number of hydrogen-bond acceptors (Lipinski definition) is 4. The fraction of sp³-hybridized carbons (Fsp3) is 0.250. The molecule has 0 amide bonds. The van der Waals surface area contributed by atoms with Gasteiger partial charge in [0.1, 0.15) is 21.7 Å². The third-order valence-corrected chi connectivity index (χ3v) is 6.30. The monoisotopic (exact) mass is 520 g/mol. The van der Waals surface area contributed by atoms with Crippen LogP contribution in [-0.2, 0) is 0 Å². The molecule has 0 saturated carbocycles. The molecule has 0 spiro atoms. The quantitative estimate of drug-likeness (QED) is 0.503. The first-order chi connectivity index (χ1) is 11.4. The Balaban J connectivity index is 2.24. The first kappa shape index (κ1) is 17.8. The third-order valence-electron chi connectivity index (χ3n) is 4.06. The number of hydrogen-bond donors (Lipinski definition) is 1. The van der Waals surface area contributed by atoms with Crippen molar-refractivity contribution in [2.75, 3.05) is 12.8 Å². The summed E-state index contributed by atoms with van der Waals surface area (Å²) in [6, 6.07) is 1.95. The molecule has 0 bridgehead atoms. The normalized spacial score (nSPS) is 12.6. The Labute approximate surface area is 166 Å². The Hall–Kier alpha value is -1.06. The first-order valence-electron chi connectivity index (χ1n) is 7.17. The van der Waals surface area contributed by atoms with E-state index in [4.69, 9.17) is 22.1 Å². The number of anilines is 1. The van der Waals surface area contributed by atoms with Crippen molar-refractivity contribution in [3.8, 4) is 5.75 Å². The van der Waals surface area contributed by atoms with Crippen LogP contribution in [0, 0.1) is 10.5 Å². The number of fused-ring (bicyclic) bond motifs is 1. The average molecular weight is 522 g/mol. The summed E-state index contributed by atoms with van der Waals surface area (Å²) in [6.45, 7) is 4.05. The summed E-state index contributed by atoms with van der Waals surface area (Å²) < 4.78 is 9.26. The maximum atomic E-state index is 6.40. The lowest BCUT2D eigenvalue weighted by molar-refractivity contribution is 0.404. The van der Waals surface area contributed by atoms with E-state index < -0.39 is 0 Å². The summed E-state index contributed by atoms with van der Waals surface area (Å²) in [7, 11) is 1.67. The minimum absolute atomic E-state index is 0.0489. The molecule has 1 atom stereocenters. The fourth-order valence-electron chi connectivity index (χ4n) is 2.73. The van der Waals surface area contributed by atoms with Crippen LogP contribution in [-0.4, -0.2) is 21.5 Å². The number of nitrogens with two attached hydrogens (primary N) is 1. The number of halogens is 3. The summed E-state index contributed by atoms with van der Waals surface area (Å²) >= 11 is 12.1. The van der Waals surface area contributed by atoms with E-state index in [0.717, 1.165) is 31.8 Å². The smallest absolute Gasteiger partial charge is 0.150 e. The van der Waals surface area contributed by atoms with Crippen LogP contribution in [0.15, 0.2) is 23.1 Å². The molecule has 0 aliphatic rings. The molecule has 0 saturated heterocycles. The largest absolute Gasteiger partial charge is 0.495 e. The number of methoxy groups -OCH3 is 1. The highest BCUT2D eigenvalue weighted by Gasteiger charge is 2.24. The highest BCUT2D eigenvalue weighted by molar-refractivity contribution is 14.1. The second-order valence-electron chi connectivity index (χ2n) is 5.43. The fourth-order valence-corrected chi connectivity index (χ4v) is 4.50. The molecule has 0 aliphatic carbocycles. The summed E-state index contributed by atoms with van der Waals surface area (Å²) in [5.41, 5.74) is 8.73. The lowest BCUT2D eigenvalue weighted by Crippen LogP contribution is -2.07. The Bertz CT molecular complexity index is 944. The number of imidazole rings is 1. The molecule has 0 fully saturated rings. The van der Waals surface area contributed by atoms with Crippen LogP contribution in [0.4, 0.5) is 5.82 Å². The lowest BCUT2D eigenvalue weighted by Gasteiger charge is -2.18. The van der Waals surface area contributed by atoms with E-state index in [1.165, 1.54) is 0 Å². The molecule has 2 heterocycles. The minimum atomic E-state index is -0.0489. The van der Waals surface area contributed by atoms with Gasteiger partial charge in [-0.25, -0.2) is 9.97 Å². The first-order valence-corrected chi connectivity index (χ1v) is 9.42. The number of nitrogen functional groups attached to an aromatic ring is 1. The van der Waals surface area contributed by atoms with Gasteiger partial charge in [0, 0.05) is 28.9 Å². The van der Waals surface area contributed by atoms with Crippen molar-refractivity contribution in [2.24, 2.45) is 0 Å². The van der Waals surface area contributed by atoms with Crippen LogP contribution >= 0.6 is 50.1 Å². The molecule has 1 aromatic carbocycles. The molecule has 3 rings (SSSR count). The Morgan fingerprint density at radius 3 is 2.83 bits per heavy atom. The maximum absolute atomic E-state index is 6.40. The molecule has 2 aromatic heterocycles. The number of benzene rings is 1. The zero-order valence-corrected chi connectivity index (χ0v) is 17.8. The SMILES string of the molecule is COc1c(C(C)c2nc(Br)c3c(N)nccn23)cc(Cl)c(C)c1I. The molecule has 2 N–H and O–H groups in total. The lowest BCUT2D eigenvalue weighted by atomic mass is 9.98. The van der Waals surface area contributed by atoms with Crippen LogP contribution in [0.5, 0.6) is 5.75 Å². The van der Waals surface area contributed by atoms with E-state index in [2.05, 4.69) is 55.4 Å². The van der Waals surface area contributed by atoms with Crippen molar-refractivity contribution >= 4 is 61.5 Å². The van der Waals surface area contributed by atoms with Crippen molar-refractivity contribution in [3.05, 3.63) is 48.6 Å². The zero-order valence-electron chi connectivity index (χ0n) is 13.3. The van der Waals surface area contributed by atoms with E-state index in [9.17, 15) is 0 Å². The predicted octanol–water partition coefficient (Wildman–Crippen LogP) is 4.80. The number of ether oxygens (including phenoxy) is 1. The van der Waals surface area contributed by atoms with Gasteiger partial charge in [0.15, 0.2) is 5.82 Å². The summed E-state index contributed by atoms with van der Waals surface area (Å²) in [6.07, 6.45) is 3.51. The summed E-state index contributed by atoms with van der Waals surface area (Å²) in [5.74, 6) is 2.03. The standard InChI is InChI=1S/C16H15BrClIN4O/c1-7(9-6-10(18)8(2)11(19)13(9)24-3)16-22-14(17)12-15(20)21-4-5-23(12)16/h4-7H,1-3H3,(H2,20,21). The van der Waals surface area contributed by atoms with Gasteiger partial charge in [0.25, 0.3) is 0 Å². The molecule has 1 unspecified atom stereocenters. The van der Waals surface area contributed by atoms with E-state index in [-0.39, 0.29) is 5.92 Å². The zero-order chi connectivity index (χ0) is 17.6. The van der Waals surface area contributed by atoms with Gasteiger partial charge in [0.2, 0.25) is 0 Å². The molecule has 8 heteroatoms. The van der Waals surface area contributed by atoms with E-state index >= 15 is 0 Å². The summed E-state index contributed by atoms with van der Waals surface area (Å²) in [5, 5.41) is 0.711. The van der Waals surface area contributed by atoms with Crippen molar-refractivity contribution in [1.82, 2.24) is 14.4 Å². The van der Waals surface area contributed by atoms with Crippen LogP contribution in [0.25, 0.3) is 5.52 Å². The van der Waals surface area contributed by atoms with E-state index in [1.807, 2.05) is 23.6 Å². The molecule has 0 radical (unpaired) electrons. The van der Waals surface area contributed by atoms with Crippen molar-refractivity contribution in [1.29, 1.82) is 0 Å². The van der Waals surface area contributed by atoms with Crippen molar-refractivity contribution in [2.45, 2.75) is 19.8 Å². The second kappa shape index (κ2) is 6.68. The van der Waals surface area contributed by atoms with Gasteiger partial charge >= 0.3 is 0 Å². The van der Waals surface area contributed by atoms with Crippen LogP contribution in [0.3, 0.4) is 0 Å². The number of nitrogens with zero attached hydrogens (tertiary/aromatic N) is 3. The van der Waals surface area contributed by atoms with Crippen LogP contribution in [0.2, 0.25) is 5.02 Å². The van der Waals surface area contributed by atoms with Gasteiger partial charge < -0.3 is 10.5 Å². The molecule has 24 heavy (non-hydrogen) atoms. The second-order valence-corrected chi connectivity index (χ2v) is 7.67. The van der Waals surface area contributed by atoms with Gasteiger partial charge in [-0.15, -0.1) is 0 Å². The molecule has 5 nitrogen and oxygen atoms in total. The van der Waals surface area contributed by atoms with Crippen LogP contribution < -0.4 is 10.5 Å². The van der Waals surface area contributed by atoms with Crippen molar-refractivity contribution < 1.29 is 4.74 Å². The van der Waals surface area contributed by atoms with Crippen molar-refractivity contribution in [3.63, 3.8) is 0 Å². The van der Waals surface area contributed by atoms with Gasteiger partial charge in [-0.05, 0) is 57.1 Å². The number of rotatable bonds is 3. The van der Waals surface area contributed by atoms with E-state index in [0.29, 0.717) is 15.4 Å². The molecule has 3 aromatic rings. The van der Waals surface area contributed by atoms with Gasteiger partial charge in [-0.2, -0.15) is 0 Å². The van der Waals surface area contributed by atoms with Gasteiger partial charge in [-0.1, -0.05) is 18.5 Å². The Morgan fingerprint density at radius 2 is 2.17 bits per heavy atom. The summed E-state index contributed by atoms with van der Waals surface area (Å²) in [4.78, 5) is 8.77. The average Bonchev–Trinajstić information content (AvgIpc) is 2.90. The predicted molar refractivity (Wildman–Crippen MR) is 108 cm³/mol. The highest BCUT2D eigenvalue weighted by Crippen LogP contribution is 2.40. The molecule has 126 valence electrons.